The van der Waals surface area contributed by atoms with Crippen LogP contribution in [0.4, 0.5) is 0 Å². The Bertz CT molecular complexity index is 283. The molecule has 92 valence electrons. The zero-order chi connectivity index (χ0) is 12.3. The van der Waals surface area contributed by atoms with Crippen LogP contribution in [-0.4, -0.2) is 25.2 Å². The molecule has 0 aromatic heterocycles. The van der Waals surface area contributed by atoms with Crippen LogP contribution >= 0.6 is 0 Å². The van der Waals surface area contributed by atoms with Crippen molar-refractivity contribution in [1.29, 1.82) is 0 Å². The molecule has 4 heteroatoms. The topological polar surface area (TPSA) is 52.6 Å². The smallest absolute Gasteiger partial charge is 0.309 e. The largest absolute Gasteiger partial charge is 0.466 e. The predicted octanol–water partition coefficient (Wildman–Crippen LogP) is 1.77. The maximum atomic E-state index is 11.6. The molecule has 0 spiro atoms. The number of ether oxygens (including phenoxy) is 2. The molecule has 2 atom stereocenters. The quantitative estimate of drug-likeness (QED) is 0.688. The van der Waals surface area contributed by atoms with E-state index in [1.807, 2.05) is 13.8 Å². The monoisotopic (exact) mass is 228 g/mol. The van der Waals surface area contributed by atoms with E-state index in [0.29, 0.717) is 13.2 Å². The Morgan fingerprint density at radius 3 is 2.38 bits per heavy atom. The number of hydrogen-bond acceptors (Lipinski definition) is 4. The van der Waals surface area contributed by atoms with Gasteiger partial charge in [0.1, 0.15) is 0 Å². The lowest BCUT2D eigenvalue weighted by atomic mass is 9.55. The fourth-order valence-corrected chi connectivity index (χ4v) is 2.16. The van der Waals surface area contributed by atoms with Gasteiger partial charge in [-0.1, -0.05) is 13.8 Å². The van der Waals surface area contributed by atoms with Gasteiger partial charge in [0.2, 0.25) is 0 Å². The summed E-state index contributed by atoms with van der Waals surface area (Å²) < 4.78 is 9.99. The van der Waals surface area contributed by atoms with Crippen molar-refractivity contribution >= 4 is 11.9 Å². The van der Waals surface area contributed by atoms with Crippen LogP contribution in [0.25, 0.3) is 0 Å². The number of esters is 2. The average molecular weight is 228 g/mol. The molecule has 4 nitrogen and oxygen atoms in total. The van der Waals surface area contributed by atoms with E-state index < -0.39 is 0 Å². The normalized spacial score (nSPS) is 26.8. The van der Waals surface area contributed by atoms with Crippen LogP contribution in [0.1, 0.15) is 34.1 Å². The zero-order valence-electron chi connectivity index (χ0n) is 10.4. The van der Waals surface area contributed by atoms with E-state index in [-0.39, 0.29) is 29.2 Å². The Hall–Kier alpha value is -1.06. The minimum atomic E-state index is -0.268. The van der Waals surface area contributed by atoms with Crippen LogP contribution in [0.3, 0.4) is 0 Å². The number of carbonyl (C=O) groups is 2. The molecule has 1 aliphatic rings. The summed E-state index contributed by atoms with van der Waals surface area (Å²) in [7, 11) is 0. The molecule has 1 saturated carbocycles. The molecule has 16 heavy (non-hydrogen) atoms. The third kappa shape index (κ3) is 2.54. The van der Waals surface area contributed by atoms with E-state index >= 15 is 0 Å². The molecule has 0 radical (unpaired) electrons. The van der Waals surface area contributed by atoms with Gasteiger partial charge < -0.3 is 9.47 Å². The highest BCUT2D eigenvalue weighted by Gasteiger charge is 2.52. The van der Waals surface area contributed by atoms with E-state index in [0.717, 1.165) is 6.42 Å². The van der Waals surface area contributed by atoms with Crippen molar-refractivity contribution in [3.63, 3.8) is 0 Å². The molecule has 1 rings (SSSR count). The van der Waals surface area contributed by atoms with E-state index in [1.54, 1.807) is 6.92 Å². The Kier molecular flexibility index (Phi) is 3.94. The van der Waals surface area contributed by atoms with Crippen molar-refractivity contribution in [2.45, 2.75) is 34.1 Å². The number of carbonyl (C=O) groups excluding carboxylic acids is 2. The molecular formula is C12H20O4. The second-order valence-electron chi connectivity index (χ2n) is 4.86. The minimum absolute atomic E-state index is 0.0620. The standard InChI is InChI=1S/C12H20O4/c1-5-15-11(14)10-6-9(12(10,3)4)7-16-8(2)13/h9-10H,5-7H2,1-4H3/t9-,10+/m1/s1. The van der Waals surface area contributed by atoms with Gasteiger partial charge in [-0.25, -0.2) is 0 Å². The molecule has 0 bridgehead atoms. The molecular weight excluding hydrogens is 208 g/mol. The zero-order valence-corrected chi connectivity index (χ0v) is 10.4. The second-order valence-corrected chi connectivity index (χ2v) is 4.86. The van der Waals surface area contributed by atoms with Crippen LogP contribution in [0.15, 0.2) is 0 Å². The van der Waals surface area contributed by atoms with Crippen molar-refractivity contribution in [1.82, 2.24) is 0 Å². The molecule has 0 unspecified atom stereocenters. The third-order valence-electron chi connectivity index (χ3n) is 3.53. The molecule has 1 fully saturated rings. The van der Waals surface area contributed by atoms with Gasteiger partial charge in [-0.2, -0.15) is 0 Å². The van der Waals surface area contributed by atoms with Crippen LogP contribution in [0, 0.1) is 17.3 Å². The van der Waals surface area contributed by atoms with Gasteiger partial charge in [-0.05, 0) is 24.7 Å². The van der Waals surface area contributed by atoms with Gasteiger partial charge in [0.25, 0.3) is 0 Å². The Labute approximate surface area is 96.3 Å². The van der Waals surface area contributed by atoms with E-state index in [2.05, 4.69) is 0 Å². The van der Waals surface area contributed by atoms with Gasteiger partial charge in [0.05, 0.1) is 19.1 Å². The molecule has 0 heterocycles. The first kappa shape index (κ1) is 13.0. The molecule has 1 aliphatic carbocycles. The molecule has 0 N–H and O–H groups in total. The second kappa shape index (κ2) is 4.85. The first-order valence-electron chi connectivity index (χ1n) is 5.69. The Morgan fingerprint density at radius 2 is 1.94 bits per heavy atom. The number of rotatable bonds is 4. The maximum absolute atomic E-state index is 11.6. The minimum Gasteiger partial charge on any atom is -0.466 e. The Morgan fingerprint density at radius 1 is 1.31 bits per heavy atom. The Balaban J connectivity index is 2.46. The fourth-order valence-electron chi connectivity index (χ4n) is 2.16. The lowest BCUT2D eigenvalue weighted by Crippen LogP contribution is -2.51. The fraction of sp³-hybridized carbons (Fsp3) is 0.833. The predicted molar refractivity (Wildman–Crippen MR) is 58.6 cm³/mol. The van der Waals surface area contributed by atoms with Crippen molar-refractivity contribution < 1.29 is 19.1 Å². The molecule has 0 aromatic carbocycles. The van der Waals surface area contributed by atoms with Crippen LogP contribution < -0.4 is 0 Å². The van der Waals surface area contributed by atoms with E-state index in [1.165, 1.54) is 6.92 Å². The van der Waals surface area contributed by atoms with Crippen molar-refractivity contribution in [2.24, 2.45) is 17.3 Å². The van der Waals surface area contributed by atoms with E-state index in [9.17, 15) is 9.59 Å². The van der Waals surface area contributed by atoms with Crippen molar-refractivity contribution in [2.75, 3.05) is 13.2 Å². The van der Waals surface area contributed by atoms with Gasteiger partial charge in [-0.15, -0.1) is 0 Å². The maximum Gasteiger partial charge on any atom is 0.309 e. The summed E-state index contributed by atoms with van der Waals surface area (Å²) in [5.41, 5.74) is -0.137. The summed E-state index contributed by atoms with van der Waals surface area (Å²) in [5, 5.41) is 0. The summed E-state index contributed by atoms with van der Waals surface area (Å²) in [6.45, 7) is 8.06. The highest BCUT2D eigenvalue weighted by atomic mass is 16.5. The van der Waals surface area contributed by atoms with E-state index in [4.69, 9.17) is 9.47 Å². The van der Waals surface area contributed by atoms with Crippen molar-refractivity contribution in [3.05, 3.63) is 0 Å². The molecule has 0 saturated heterocycles. The highest BCUT2D eigenvalue weighted by Crippen LogP contribution is 2.51. The summed E-state index contributed by atoms with van der Waals surface area (Å²) in [6.07, 6.45) is 0.749. The molecule has 0 aliphatic heterocycles. The summed E-state index contributed by atoms with van der Waals surface area (Å²) in [4.78, 5) is 22.3. The summed E-state index contributed by atoms with van der Waals surface area (Å²) in [6, 6.07) is 0. The summed E-state index contributed by atoms with van der Waals surface area (Å²) >= 11 is 0. The summed E-state index contributed by atoms with van der Waals surface area (Å²) in [5.74, 6) is -0.208. The van der Waals surface area contributed by atoms with Gasteiger partial charge in [0.15, 0.2) is 0 Å². The van der Waals surface area contributed by atoms with Gasteiger partial charge in [-0.3, -0.25) is 9.59 Å². The van der Waals surface area contributed by atoms with Crippen LogP contribution in [0.5, 0.6) is 0 Å². The van der Waals surface area contributed by atoms with Gasteiger partial charge >= 0.3 is 11.9 Å². The highest BCUT2D eigenvalue weighted by molar-refractivity contribution is 5.74. The third-order valence-corrected chi connectivity index (χ3v) is 3.53. The lowest BCUT2D eigenvalue weighted by Gasteiger charge is -2.50. The molecule has 0 amide bonds. The lowest BCUT2D eigenvalue weighted by molar-refractivity contribution is -0.170. The SMILES string of the molecule is CCOC(=O)[C@@H]1C[C@H](COC(C)=O)C1(C)C. The van der Waals surface area contributed by atoms with Crippen molar-refractivity contribution in [3.8, 4) is 0 Å². The van der Waals surface area contributed by atoms with Gasteiger partial charge in [0, 0.05) is 6.92 Å². The first-order valence-corrected chi connectivity index (χ1v) is 5.69. The molecule has 0 aromatic rings. The number of hydrogen-bond donors (Lipinski definition) is 0. The van der Waals surface area contributed by atoms with Crippen LogP contribution in [0.2, 0.25) is 0 Å². The van der Waals surface area contributed by atoms with Crippen LogP contribution in [-0.2, 0) is 19.1 Å². The average Bonchev–Trinajstić information content (AvgIpc) is 2.15. The first-order chi connectivity index (χ1) is 7.39.